The molecular weight excluding hydrogens is 263 g/mol. The highest BCUT2D eigenvalue weighted by Crippen LogP contribution is 2.29. The molecule has 2 aromatic rings. The van der Waals surface area contributed by atoms with Crippen molar-refractivity contribution in [2.75, 3.05) is 0 Å². The van der Waals surface area contributed by atoms with E-state index in [0.29, 0.717) is 15.9 Å². The van der Waals surface area contributed by atoms with Gasteiger partial charge in [-0.3, -0.25) is 4.79 Å². The number of carbonyl (C=O) groups excluding carboxylic acids is 1. The van der Waals surface area contributed by atoms with Crippen molar-refractivity contribution >= 4 is 46.0 Å². The second kappa shape index (κ2) is 4.27. The van der Waals surface area contributed by atoms with Gasteiger partial charge in [-0.2, -0.15) is 4.99 Å². The fourth-order valence-electron chi connectivity index (χ4n) is 1.45. The Morgan fingerprint density at radius 1 is 1.29 bits per heavy atom. The van der Waals surface area contributed by atoms with Gasteiger partial charge in [0.05, 0.1) is 5.02 Å². The molecule has 7 heteroatoms. The number of aliphatic imine (C=N–C) groups is 1. The number of fused-ring (bicyclic) bond motifs is 1. The molecule has 0 saturated carbocycles. The molecule has 0 aliphatic heterocycles. The first kappa shape index (κ1) is 11.8. The summed E-state index contributed by atoms with van der Waals surface area (Å²) in [6.07, 6.45) is 0. The monoisotopic (exact) mass is 270 g/mol. The van der Waals surface area contributed by atoms with Gasteiger partial charge < -0.3 is 16.5 Å². The van der Waals surface area contributed by atoms with Crippen LogP contribution in [0.4, 0.5) is 0 Å². The molecule has 1 amide bonds. The number of nitrogens with one attached hydrogen (secondary N) is 1. The molecular formula is C10H8Cl2N4O. The predicted octanol–water partition coefficient (Wildman–Crippen LogP) is 1.89. The lowest BCUT2D eigenvalue weighted by Crippen LogP contribution is -2.24. The fraction of sp³-hybridized carbons (Fsp3) is 0. The summed E-state index contributed by atoms with van der Waals surface area (Å²) in [5.74, 6) is -0.940. The molecule has 0 atom stereocenters. The maximum Gasteiger partial charge on any atom is 0.298 e. The standard InChI is InChI=1S/C10H8Cl2N4O/c11-4-1-2-6-5(3-4)7(12)8(15-6)9(17)16-10(13)14/h1-3,15H,(H4,13,14,16,17). The largest absolute Gasteiger partial charge is 0.370 e. The number of nitrogens with zero attached hydrogens (tertiary/aromatic N) is 1. The summed E-state index contributed by atoms with van der Waals surface area (Å²) in [6, 6.07) is 5.06. The van der Waals surface area contributed by atoms with Crippen molar-refractivity contribution in [3.05, 3.63) is 33.9 Å². The number of nitrogens with two attached hydrogens (primary N) is 2. The van der Waals surface area contributed by atoms with Crippen LogP contribution in [-0.2, 0) is 0 Å². The van der Waals surface area contributed by atoms with E-state index in [0.717, 1.165) is 0 Å². The first-order valence-corrected chi connectivity index (χ1v) is 5.35. The number of H-pyrrole nitrogens is 1. The molecule has 0 bridgehead atoms. The molecule has 0 spiro atoms. The average Bonchev–Trinajstić information content (AvgIpc) is 2.55. The van der Waals surface area contributed by atoms with Crippen LogP contribution in [-0.4, -0.2) is 16.9 Å². The number of aromatic nitrogens is 1. The van der Waals surface area contributed by atoms with Gasteiger partial charge in [-0.1, -0.05) is 23.2 Å². The Morgan fingerprint density at radius 3 is 2.65 bits per heavy atom. The minimum atomic E-state index is -0.623. The quantitative estimate of drug-likeness (QED) is 0.545. The summed E-state index contributed by atoms with van der Waals surface area (Å²) in [5.41, 5.74) is 11.1. The van der Waals surface area contributed by atoms with Gasteiger partial charge in [0.15, 0.2) is 5.96 Å². The molecule has 0 unspecified atom stereocenters. The minimum Gasteiger partial charge on any atom is -0.370 e. The van der Waals surface area contributed by atoms with Crippen LogP contribution >= 0.6 is 23.2 Å². The Hall–Kier alpha value is -1.72. The van der Waals surface area contributed by atoms with Crippen molar-refractivity contribution in [3.8, 4) is 0 Å². The predicted molar refractivity (Wildman–Crippen MR) is 68.5 cm³/mol. The molecule has 88 valence electrons. The summed E-state index contributed by atoms with van der Waals surface area (Å²) < 4.78 is 0. The average molecular weight is 271 g/mol. The van der Waals surface area contributed by atoms with Gasteiger partial charge in [0.1, 0.15) is 5.69 Å². The lowest BCUT2D eigenvalue weighted by atomic mass is 10.2. The summed E-state index contributed by atoms with van der Waals surface area (Å²) in [7, 11) is 0. The topological polar surface area (TPSA) is 97.3 Å². The lowest BCUT2D eigenvalue weighted by Gasteiger charge is -1.92. The molecule has 5 N–H and O–H groups in total. The number of carbonyl (C=O) groups is 1. The Labute approximate surface area is 106 Å². The maximum absolute atomic E-state index is 11.6. The van der Waals surface area contributed by atoms with Gasteiger partial charge in [-0.05, 0) is 18.2 Å². The van der Waals surface area contributed by atoms with E-state index in [1.165, 1.54) is 0 Å². The Balaban J connectivity index is 2.60. The van der Waals surface area contributed by atoms with Gasteiger partial charge in [0, 0.05) is 15.9 Å². The van der Waals surface area contributed by atoms with Gasteiger partial charge in [0.2, 0.25) is 0 Å². The van der Waals surface area contributed by atoms with Crippen molar-refractivity contribution in [2.45, 2.75) is 0 Å². The van der Waals surface area contributed by atoms with E-state index in [9.17, 15) is 4.79 Å². The lowest BCUT2D eigenvalue weighted by molar-refractivity contribution is 0.0999. The molecule has 0 aliphatic carbocycles. The molecule has 0 aliphatic rings. The Morgan fingerprint density at radius 2 is 2.00 bits per heavy atom. The van der Waals surface area contributed by atoms with Crippen LogP contribution in [0.1, 0.15) is 10.5 Å². The number of halogens is 2. The third kappa shape index (κ3) is 2.20. The smallest absolute Gasteiger partial charge is 0.298 e. The molecule has 1 aromatic carbocycles. The van der Waals surface area contributed by atoms with Crippen LogP contribution in [0, 0.1) is 0 Å². The highest BCUT2D eigenvalue weighted by atomic mass is 35.5. The number of aromatic amines is 1. The minimum absolute atomic E-state index is 0.136. The van der Waals surface area contributed by atoms with Crippen LogP contribution in [0.15, 0.2) is 23.2 Å². The molecule has 17 heavy (non-hydrogen) atoms. The zero-order chi connectivity index (χ0) is 12.6. The van der Waals surface area contributed by atoms with Gasteiger partial charge in [-0.15, -0.1) is 0 Å². The van der Waals surface area contributed by atoms with E-state index >= 15 is 0 Å². The normalized spacial score (nSPS) is 10.5. The molecule has 1 heterocycles. The molecule has 5 nitrogen and oxygen atoms in total. The maximum atomic E-state index is 11.6. The van der Waals surface area contributed by atoms with Crippen molar-refractivity contribution in [2.24, 2.45) is 16.5 Å². The summed E-state index contributed by atoms with van der Waals surface area (Å²) >= 11 is 11.9. The summed E-state index contributed by atoms with van der Waals surface area (Å²) in [4.78, 5) is 17.9. The highest BCUT2D eigenvalue weighted by Gasteiger charge is 2.16. The zero-order valence-corrected chi connectivity index (χ0v) is 10.0. The van der Waals surface area contributed by atoms with Crippen molar-refractivity contribution in [1.29, 1.82) is 0 Å². The number of amides is 1. The number of hydrogen-bond acceptors (Lipinski definition) is 1. The van der Waals surface area contributed by atoms with Crippen LogP contribution in [0.25, 0.3) is 10.9 Å². The van der Waals surface area contributed by atoms with Crippen LogP contribution in [0.3, 0.4) is 0 Å². The zero-order valence-electron chi connectivity index (χ0n) is 8.50. The van der Waals surface area contributed by atoms with Gasteiger partial charge in [0.25, 0.3) is 5.91 Å². The van der Waals surface area contributed by atoms with Gasteiger partial charge >= 0.3 is 0 Å². The molecule has 0 fully saturated rings. The molecule has 1 aromatic heterocycles. The van der Waals surface area contributed by atoms with Crippen LogP contribution in [0.2, 0.25) is 10.0 Å². The van der Waals surface area contributed by atoms with E-state index in [-0.39, 0.29) is 16.7 Å². The Kier molecular flexibility index (Phi) is 2.95. The van der Waals surface area contributed by atoms with Crippen molar-refractivity contribution in [3.63, 3.8) is 0 Å². The van der Waals surface area contributed by atoms with E-state index in [1.54, 1.807) is 18.2 Å². The highest BCUT2D eigenvalue weighted by molar-refractivity contribution is 6.39. The number of guanidine groups is 1. The fourth-order valence-corrected chi connectivity index (χ4v) is 1.91. The molecule has 2 rings (SSSR count). The van der Waals surface area contributed by atoms with E-state index in [1.807, 2.05) is 0 Å². The third-order valence-corrected chi connectivity index (χ3v) is 2.77. The second-order valence-electron chi connectivity index (χ2n) is 3.35. The first-order chi connectivity index (χ1) is 7.99. The Bertz CT molecular complexity index is 629. The van der Waals surface area contributed by atoms with E-state index < -0.39 is 5.91 Å². The van der Waals surface area contributed by atoms with Crippen LogP contribution in [0.5, 0.6) is 0 Å². The first-order valence-electron chi connectivity index (χ1n) is 4.59. The van der Waals surface area contributed by atoms with E-state index in [4.69, 9.17) is 34.7 Å². The molecule has 0 radical (unpaired) electrons. The number of benzene rings is 1. The van der Waals surface area contributed by atoms with E-state index in [2.05, 4.69) is 9.98 Å². The summed E-state index contributed by atoms with van der Waals surface area (Å²) in [5, 5.41) is 1.42. The number of hydrogen-bond donors (Lipinski definition) is 3. The molecule has 0 saturated heterocycles. The van der Waals surface area contributed by atoms with Crippen LogP contribution < -0.4 is 11.5 Å². The van der Waals surface area contributed by atoms with Gasteiger partial charge in [-0.25, -0.2) is 0 Å². The van der Waals surface area contributed by atoms with Crippen molar-refractivity contribution < 1.29 is 4.79 Å². The number of rotatable bonds is 1. The second-order valence-corrected chi connectivity index (χ2v) is 4.16. The SMILES string of the molecule is NC(N)=NC(=O)c1[nH]c2ccc(Cl)cc2c1Cl. The third-order valence-electron chi connectivity index (χ3n) is 2.14. The summed E-state index contributed by atoms with van der Waals surface area (Å²) in [6.45, 7) is 0. The van der Waals surface area contributed by atoms with Crippen molar-refractivity contribution in [1.82, 2.24) is 4.98 Å².